The number of aliphatic carboxylic acids is 1. The molecule has 7 nitrogen and oxygen atoms in total. The van der Waals surface area contributed by atoms with Crippen molar-refractivity contribution in [2.45, 2.75) is 49.8 Å². The van der Waals surface area contributed by atoms with Crippen LogP contribution in [0.1, 0.15) is 49.2 Å². The van der Waals surface area contributed by atoms with E-state index in [1.165, 1.54) is 16.4 Å². The first-order chi connectivity index (χ1) is 11.8. The number of rotatable bonds is 7. The molecule has 0 aromatic carbocycles. The maximum absolute atomic E-state index is 12.7. The second-order valence-electron chi connectivity index (χ2n) is 6.36. The quantitative estimate of drug-likeness (QED) is 0.745. The summed E-state index contributed by atoms with van der Waals surface area (Å²) in [4.78, 5) is 23.6. The Morgan fingerprint density at radius 2 is 2.00 bits per heavy atom. The fourth-order valence-electron chi connectivity index (χ4n) is 2.71. The molecule has 1 amide bonds. The molecule has 2 rings (SSSR count). The summed E-state index contributed by atoms with van der Waals surface area (Å²) in [5, 5.41) is 11.6. The lowest BCUT2D eigenvalue weighted by atomic mass is 10.0. The number of nitrogens with one attached hydrogen (secondary N) is 1. The number of hydrogen-bond acceptors (Lipinski definition) is 5. The van der Waals surface area contributed by atoms with Crippen LogP contribution in [-0.4, -0.2) is 48.8 Å². The third-order valence-electron chi connectivity index (χ3n) is 4.32. The Hall–Kier alpha value is -1.45. The van der Waals surface area contributed by atoms with E-state index in [1.54, 1.807) is 0 Å². The molecule has 2 N–H and O–H groups in total. The van der Waals surface area contributed by atoms with Crippen LogP contribution >= 0.6 is 11.3 Å². The average molecular weight is 389 g/mol. The molecule has 1 fully saturated rings. The van der Waals surface area contributed by atoms with Crippen LogP contribution in [0, 0.1) is 5.92 Å². The molecule has 140 valence electrons. The first-order valence-electron chi connectivity index (χ1n) is 8.39. The van der Waals surface area contributed by atoms with E-state index < -0.39 is 27.9 Å². The van der Waals surface area contributed by atoms with Crippen molar-refractivity contribution in [2.75, 3.05) is 13.1 Å². The molecule has 1 aliphatic rings. The molecular formula is C16H24N2O5S2. The molecule has 1 aliphatic heterocycles. The zero-order valence-corrected chi connectivity index (χ0v) is 16.0. The first kappa shape index (κ1) is 19.9. The normalized spacial score (nSPS) is 18.0. The van der Waals surface area contributed by atoms with Crippen molar-refractivity contribution in [3.8, 4) is 0 Å². The van der Waals surface area contributed by atoms with Crippen molar-refractivity contribution in [3.63, 3.8) is 0 Å². The Labute approximate surface area is 152 Å². The Balaban J connectivity index is 2.10. The molecule has 1 aromatic rings. The lowest BCUT2D eigenvalue weighted by Crippen LogP contribution is -2.40. The smallest absolute Gasteiger partial charge is 0.326 e. The highest BCUT2D eigenvalue weighted by molar-refractivity contribution is 7.91. The van der Waals surface area contributed by atoms with E-state index in [2.05, 4.69) is 12.2 Å². The molecule has 0 saturated carbocycles. The van der Waals surface area contributed by atoms with Gasteiger partial charge in [0.2, 0.25) is 0 Å². The number of carboxylic acid groups (broad SMARTS) is 1. The van der Waals surface area contributed by atoms with Crippen molar-refractivity contribution in [1.82, 2.24) is 9.62 Å². The molecule has 2 heterocycles. The van der Waals surface area contributed by atoms with Gasteiger partial charge in [0.1, 0.15) is 10.3 Å². The third-order valence-corrected chi connectivity index (χ3v) is 7.77. The SMILES string of the molecule is CCCC(NC(=O)c1ccc(S(=O)(=O)N2CCC(C)CC2)s1)C(=O)O. The van der Waals surface area contributed by atoms with E-state index in [-0.39, 0.29) is 9.09 Å². The van der Waals surface area contributed by atoms with Gasteiger partial charge in [-0.05, 0) is 37.3 Å². The third kappa shape index (κ3) is 4.80. The van der Waals surface area contributed by atoms with E-state index in [4.69, 9.17) is 5.11 Å². The van der Waals surface area contributed by atoms with Crippen LogP contribution in [0.2, 0.25) is 0 Å². The van der Waals surface area contributed by atoms with E-state index >= 15 is 0 Å². The van der Waals surface area contributed by atoms with Crippen molar-refractivity contribution in [1.29, 1.82) is 0 Å². The molecule has 1 unspecified atom stereocenters. The second-order valence-corrected chi connectivity index (χ2v) is 9.61. The largest absolute Gasteiger partial charge is 0.480 e. The summed E-state index contributed by atoms with van der Waals surface area (Å²) in [5.74, 6) is -1.13. The number of amides is 1. The van der Waals surface area contributed by atoms with Gasteiger partial charge in [-0.15, -0.1) is 11.3 Å². The molecule has 0 radical (unpaired) electrons. The number of carboxylic acids is 1. The predicted molar refractivity (Wildman–Crippen MR) is 95.3 cm³/mol. The summed E-state index contributed by atoms with van der Waals surface area (Å²) in [5.41, 5.74) is 0. The number of hydrogen-bond donors (Lipinski definition) is 2. The highest BCUT2D eigenvalue weighted by Gasteiger charge is 2.30. The van der Waals surface area contributed by atoms with Gasteiger partial charge in [-0.2, -0.15) is 4.31 Å². The van der Waals surface area contributed by atoms with Crippen LogP contribution in [-0.2, 0) is 14.8 Å². The maximum atomic E-state index is 12.7. The first-order valence-corrected chi connectivity index (χ1v) is 10.6. The maximum Gasteiger partial charge on any atom is 0.326 e. The van der Waals surface area contributed by atoms with Crippen LogP contribution in [0.25, 0.3) is 0 Å². The van der Waals surface area contributed by atoms with Gasteiger partial charge in [0.05, 0.1) is 4.88 Å². The summed E-state index contributed by atoms with van der Waals surface area (Å²) in [7, 11) is -3.60. The van der Waals surface area contributed by atoms with Gasteiger partial charge in [-0.3, -0.25) is 4.79 Å². The van der Waals surface area contributed by atoms with Crippen LogP contribution in [0.4, 0.5) is 0 Å². The number of sulfonamides is 1. The lowest BCUT2D eigenvalue weighted by molar-refractivity contribution is -0.139. The molecule has 0 bridgehead atoms. The van der Waals surface area contributed by atoms with E-state index in [0.29, 0.717) is 31.8 Å². The van der Waals surface area contributed by atoms with Gasteiger partial charge in [0.15, 0.2) is 0 Å². The Morgan fingerprint density at radius 1 is 1.36 bits per heavy atom. The molecular weight excluding hydrogens is 364 g/mol. The van der Waals surface area contributed by atoms with Gasteiger partial charge in [0.25, 0.3) is 15.9 Å². The number of nitrogens with zero attached hydrogens (tertiary/aromatic N) is 1. The van der Waals surface area contributed by atoms with Gasteiger partial charge in [-0.1, -0.05) is 20.3 Å². The molecule has 1 aromatic heterocycles. The van der Waals surface area contributed by atoms with Crippen LogP contribution < -0.4 is 5.32 Å². The zero-order valence-electron chi connectivity index (χ0n) is 14.4. The fourth-order valence-corrected chi connectivity index (χ4v) is 5.54. The number of carbonyl (C=O) groups excluding carboxylic acids is 1. The zero-order chi connectivity index (χ0) is 18.6. The van der Waals surface area contributed by atoms with E-state index in [1.807, 2.05) is 6.92 Å². The Bertz CT molecular complexity index is 721. The van der Waals surface area contributed by atoms with Crippen LogP contribution in [0.3, 0.4) is 0 Å². The van der Waals surface area contributed by atoms with E-state index in [9.17, 15) is 18.0 Å². The molecule has 9 heteroatoms. The molecule has 1 atom stereocenters. The number of thiophene rings is 1. The molecule has 25 heavy (non-hydrogen) atoms. The van der Waals surface area contributed by atoms with Crippen molar-refractivity contribution < 1.29 is 23.1 Å². The van der Waals surface area contributed by atoms with Gasteiger partial charge < -0.3 is 10.4 Å². The monoisotopic (exact) mass is 388 g/mol. The van der Waals surface area contributed by atoms with Crippen molar-refractivity contribution >= 4 is 33.2 Å². The predicted octanol–water partition coefficient (Wildman–Crippen LogP) is 2.15. The van der Waals surface area contributed by atoms with Gasteiger partial charge >= 0.3 is 5.97 Å². The van der Waals surface area contributed by atoms with Crippen molar-refractivity contribution in [3.05, 3.63) is 17.0 Å². The Kier molecular flexibility index (Phi) is 6.59. The van der Waals surface area contributed by atoms with Gasteiger partial charge in [-0.25, -0.2) is 13.2 Å². The fraction of sp³-hybridized carbons (Fsp3) is 0.625. The molecule has 0 spiro atoms. The Morgan fingerprint density at radius 3 is 2.56 bits per heavy atom. The minimum absolute atomic E-state index is 0.120. The highest BCUT2D eigenvalue weighted by atomic mass is 32.2. The standard InChI is InChI=1S/C16H24N2O5S2/c1-3-4-12(16(20)21)17-15(19)13-5-6-14(24-13)25(22,23)18-9-7-11(2)8-10-18/h5-6,11-12H,3-4,7-10H2,1-2H3,(H,17,19)(H,20,21). The van der Waals surface area contributed by atoms with Gasteiger partial charge in [0, 0.05) is 13.1 Å². The summed E-state index contributed by atoms with van der Waals surface area (Å²) < 4.78 is 26.9. The highest BCUT2D eigenvalue weighted by Crippen LogP contribution is 2.28. The molecule has 0 aliphatic carbocycles. The molecule has 1 saturated heterocycles. The number of piperidine rings is 1. The summed E-state index contributed by atoms with van der Waals surface area (Å²) in [6.07, 6.45) is 2.60. The average Bonchev–Trinajstić information content (AvgIpc) is 3.05. The van der Waals surface area contributed by atoms with Crippen LogP contribution in [0.15, 0.2) is 16.3 Å². The van der Waals surface area contributed by atoms with Crippen molar-refractivity contribution in [2.24, 2.45) is 5.92 Å². The minimum atomic E-state index is -3.60. The second kappa shape index (κ2) is 8.29. The summed E-state index contributed by atoms with van der Waals surface area (Å²) in [6, 6.07) is 1.88. The minimum Gasteiger partial charge on any atom is -0.480 e. The van der Waals surface area contributed by atoms with Crippen LogP contribution in [0.5, 0.6) is 0 Å². The lowest BCUT2D eigenvalue weighted by Gasteiger charge is -2.28. The summed E-state index contributed by atoms with van der Waals surface area (Å²) in [6.45, 7) is 4.91. The topological polar surface area (TPSA) is 104 Å². The van der Waals surface area contributed by atoms with E-state index in [0.717, 1.165) is 24.2 Å². The summed E-state index contributed by atoms with van der Waals surface area (Å²) >= 11 is 0.880. The number of carbonyl (C=O) groups is 2.